The summed E-state index contributed by atoms with van der Waals surface area (Å²) in [6.45, 7) is 1.70. The number of fused-ring (bicyclic) bond motifs is 2. The maximum atomic E-state index is 12.5. The zero-order chi connectivity index (χ0) is 19.1. The Balaban J connectivity index is 1.56. The van der Waals surface area contributed by atoms with E-state index in [1.54, 1.807) is 13.0 Å². The molecule has 1 aliphatic rings. The molecule has 0 aliphatic heterocycles. The second kappa shape index (κ2) is 6.46. The Morgan fingerprint density at radius 1 is 1.15 bits per heavy atom. The lowest BCUT2D eigenvalue weighted by molar-refractivity contribution is -0.121. The molecule has 0 atom stereocenters. The molecule has 0 fully saturated rings. The maximum Gasteiger partial charge on any atom is 0.340 e. The summed E-state index contributed by atoms with van der Waals surface area (Å²) in [5, 5.41) is 22.9. The Hall–Kier alpha value is -3.28. The van der Waals surface area contributed by atoms with E-state index in [-0.39, 0.29) is 35.3 Å². The molecule has 27 heavy (non-hydrogen) atoms. The van der Waals surface area contributed by atoms with E-state index in [1.807, 2.05) is 12.1 Å². The molecule has 0 unspecified atom stereocenters. The number of benzene rings is 2. The van der Waals surface area contributed by atoms with Crippen LogP contribution in [0.15, 0.2) is 45.6 Å². The van der Waals surface area contributed by atoms with E-state index in [1.165, 1.54) is 17.2 Å². The van der Waals surface area contributed by atoms with Gasteiger partial charge >= 0.3 is 5.63 Å². The number of rotatable bonds is 3. The van der Waals surface area contributed by atoms with Crippen LogP contribution in [0.25, 0.3) is 11.0 Å². The quantitative estimate of drug-likeness (QED) is 0.489. The van der Waals surface area contributed by atoms with E-state index in [9.17, 15) is 19.8 Å². The Kier molecular flexibility index (Phi) is 4.11. The Morgan fingerprint density at radius 2 is 1.81 bits per heavy atom. The monoisotopic (exact) mass is 365 g/mol. The Bertz CT molecular complexity index is 1090. The van der Waals surface area contributed by atoms with Crippen molar-refractivity contribution in [3.63, 3.8) is 0 Å². The average molecular weight is 365 g/mol. The number of amides is 1. The average Bonchev–Trinajstić information content (AvgIpc) is 3.04. The smallest absolute Gasteiger partial charge is 0.340 e. The third kappa shape index (κ3) is 3.03. The number of carbonyl (C=O) groups is 1. The first-order valence-corrected chi connectivity index (χ1v) is 8.77. The van der Waals surface area contributed by atoms with Gasteiger partial charge in [-0.05, 0) is 48.6 Å². The number of hydrogen-bond donors (Lipinski definition) is 3. The van der Waals surface area contributed by atoms with Crippen molar-refractivity contribution in [1.29, 1.82) is 0 Å². The molecule has 0 bridgehead atoms. The lowest BCUT2D eigenvalue weighted by Crippen LogP contribution is -2.37. The highest BCUT2D eigenvalue weighted by Crippen LogP contribution is 2.34. The van der Waals surface area contributed by atoms with E-state index >= 15 is 0 Å². The zero-order valence-electron chi connectivity index (χ0n) is 14.8. The normalized spacial score (nSPS) is 13.7. The van der Waals surface area contributed by atoms with Gasteiger partial charge in [-0.15, -0.1) is 0 Å². The van der Waals surface area contributed by atoms with Crippen molar-refractivity contribution in [3.8, 4) is 11.5 Å². The summed E-state index contributed by atoms with van der Waals surface area (Å²) >= 11 is 0. The summed E-state index contributed by atoms with van der Waals surface area (Å²) in [5.74, 6) is -1.09. The molecule has 0 radical (unpaired) electrons. The van der Waals surface area contributed by atoms with Crippen molar-refractivity contribution in [2.24, 2.45) is 0 Å². The molecule has 1 amide bonds. The molecule has 1 aromatic heterocycles. The van der Waals surface area contributed by atoms with Crippen LogP contribution >= 0.6 is 0 Å². The van der Waals surface area contributed by atoms with Crippen molar-refractivity contribution in [1.82, 2.24) is 5.32 Å². The molecule has 3 aromatic rings. The fourth-order valence-corrected chi connectivity index (χ4v) is 3.73. The van der Waals surface area contributed by atoms with E-state index in [2.05, 4.69) is 17.4 Å². The van der Waals surface area contributed by atoms with Gasteiger partial charge in [0.05, 0.1) is 12.0 Å². The number of phenolic OH excluding ortho intramolecular Hbond substituents is 2. The van der Waals surface area contributed by atoms with E-state index in [4.69, 9.17) is 4.42 Å². The Morgan fingerprint density at radius 3 is 2.48 bits per heavy atom. The van der Waals surface area contributed by atoms with Crippen LogP contribution in [-0.2, 0) is 24.1 Å². The van der Waals surface area contributed by atoms with Crippen LogP contribution < -0.4 is 10.9 Å². The first-order chi connectivity index (χ1) is 12.9. The maximum absolute atomic E-state index is 12.5. The first kappa shape index (κ1) is 17.1. The summed E-state index contributed by atoms with van der Waals surface area (Å²) in [4.78, 5) is 24.8. The van der Waals surface area contributed by atoms with Crippen LogP contribution in [0.3, 0.4) is 0 Å². The van der Waals surface area contributed by atoms with Gasteiger partial charge in [0, 0.05) is 11.4 Å². The second-order valence-electron chi connectivity index (χ2n) is 6.92. The number of phenols is 2. The lowest BCUT2D eigenvalue weighted by atomic mass is 10.0. The van der Waals surface area contributed by atoms with Crippen molar-refractivity contribution in [3.05, 3.63) is 69.1 Å². The fraction of sp³-hybridized carbons (Fsp3) is 0.238. The molecular weight excluding hydrogens is 346 g/mol. The topological polar surface area (TPSA) is 99.8 Å². The zero-order valence-corrected chi connectivity index (χ0v) is 14.8. The van der Waals surface area contributed by atoms with Gasteiger partial charge in [-0.3, -0.25) is 4.79 Å². The highest BCUT2D eigenvalue weighted by molar-refractivity contribution is 5.89. The predicted octanol–water partition coefficient (Wildman–Crippen LogP) is 2.34. The number of aryl methyl sites for hydroxylation is 1. The van der Waals surface area contributed by atoms with Crippen LogP contribution in [0.5, 0.6) is 11.5 Å². The SMILES string of the molecule is Cc1c(CC(=O)NC2Cc3ccccc3C2)c(=O)oc2c(O)c(O)ccc12. The molecule has 1 heterocycles. The molecule has 4 rings (SSSR count). The molecule has 138 valence electrons. The number of aromatic hydroxyl groups is 2. The molecule has 6 nitrogen and oxygen atoms in total. The minimum atomic E-state index is -0.689. The molecule has 2 aromatic carbocycles. The van der Waals surface area contributed by atoms with Crippen molar-refractivity contribution in [2.45, 2.75) is 32.2 Å². The van der Waals surface area contributed by atoms with Gasteiger partial charge in [0.2, 0.25) is 11.7 Å². The van der Waals surface area contributed by atoms with Gasteiger partial charge in [-0.25, -0.2) is 4.79 Å². The van der Waals surface area contributed by atoms with Crippen molar-refractivity contribution < 1.29 is 19.4 Å². The van der Waals surface area contributed by atoms with Crippen LogP contribution in [0, 0.1) is 6.92 Å². The molecule has 1 aliphatic carbocycles. The minimum Gasteiger partial charge on any atom is -0.504 e. The molecule has 0 saturated carbocycles. The number of nitrogens with one attached hydrogen (secondary N) is 1. The van der Waals surface area contributed by atoms with Crippen LogP contribution in [-0.4, -0.2) is 22.2 Å². The van der Waals surface area contributed by atoms with Gasteiger partial charge < -0.3 is 19.9 Å². The van der Waals surface area contributed by atoms with E-state index in [0.29, 0.717) is 10.9 Å². The first-order valence-electron chi connectivity index (χ1n) is 8.77. The molecule has 6 heteroatoms. The molecule has 0 saturated heterocycles. The third-order valence-electron chi connectivity index (χ3n) is 5.16. The lowest BCUT2D eigenvalue weighted by Gasteiger charge is -2.13. The summed E-state index contributed by atoms with van der Waals surface area (Å²) in [5.41, 5.74) is 2.51. The molecule has 0 spiro atoms. The standard InChI is InChI=1S/C21H19NO5/c1-11-15-6-7-17(23)19(25)20(15)27-21(26)16(11)10-18(24)22-14-8-12-4-2-3-5-13(12)9-14/h2-7,14,23,25H,8-10H2,1H3,(H,22,24). The number of carbonyl (C=O) groups excluding carboxylic acids is 1. The summed E-state index contributed by atoms with van der Waals surface area (Å²) in [6.07, 6.45) is 1.46. The second-order valence-corrected chi connectivity index (χ2v) is 6.92. The van der Waals surface area contributed by atoms with Crippen molar-refractivity contribution in [2.75, 3.05) is 0 Å². The van der Waals surface area contributed by atoms with Crippen LogP contribution in [0.2, 0.25) is 0 Å². The Labute approximate surface area is 155 Å². The number of hydrogen-bond acceptors (Lipinski definition) is 5. The summed E-state index contributed by atoms with van der Waals surface area (Å²) in [7, 11) is 0. The molecular formula is C21H19NO5. The highest BCUT2D eigenvalue weighted by Gasteiger charge is 2.24. The highest BCUT2D eigenvalue weighted by atomic mass is 16.4. The fourth-order valence-electron chi connectivity index (χ4n) is 3.73. The van der Waals surface area contributed by atoms with Gasteiger partial charge in [-0.1, -0.05) is 24.3 Å². The third-order valence-corrected chi connectivity index (χ3v) is 5.16. The minimum absolute atomic E-state index is 0.0173. The van der Waals surface area contributed by atoms with Crippen molar-refractivity contribution >= 4 is 16.9 Å². The van der Waals surface area contributed by atoms with E-state index < -0.39 is 11.4 Å². The predicted molar refractivity (Wildman–Crippen MR) is 100 cm³/mol. The van der Waals surface area contributed by atoms with Gasteiger partial charge in [0.25, 0.3) is 0 Å². The van der Waals surface area contributed by atoms with Crippen LogP contribution in [0.1, 0.15) is 22.3 Å². The van der Waals surface area contributed by atoms with E-state index in [0.717, 1.165) is 12.8 Å². The van der Waals surface area contributed by atoms with Gasteiger partial charge in [0.15, 0.2) is 11.3 Å². The van der Waals surface area contributed by atoms with Gasteiger partial charge in [0.1, 0.15) is 0 Å². The summed E-state index contributed by atoms with van der Waals surface area (Å²) < 4.78 is 5.16. The van der Waals surface area contributed by atoms with Crippen LogP contribution in [0.4, 0.5) is 0 Å². The summed E-state index contributed by atoms with van der Waals surface area (Å²) in [6, 6.07) is 11.0. The molecule has 3 N–H and O–H groups in total. The van der Waals surface area contributed by atoms with Gasteiger partial charge in [-0.2, -0.15) is 0 Å². The largest absolute Gasteiger partial charge is 0.504 e.